The third-order valence-corrected chi connectivity index (χ3v) is 2.25. The van der Waals surface area contributed by atoms with Gasteiger partial charge in [-0.1, -0.05) is 23.4 Å². The maximum absolute atomic E-state index is 10.7. The monoisotopic (exact) mass is 229 g/mol. The van der Waals surface area contributed by atoms with E-state index in [2.05, 4.69) is 5.16 Å². The van der Waals surface area contributed by atoms with Crippen molar-refractivity contribution in [2.75, 3.05) is 0 Å². The van der Waals surface area contributed by atoms with Crippen LogP contribution in [0.5, 0.6) is 0 Å². The van der Waals surface area contributed by atoms with Gasteiger partial charge in [-0.05, 0) is 30.7 Å². The SMILES string of the molecule is Cc1cc(/C=C/c2ccc(C(=O)O)cc2)no1. The van der Waals surface area contributed by atoms with Gasteiger partial charge in [0.15, 0.2) is 0 Å². The van der Waals surface area contributed by atoms with Crippen LogP contribution in [0.2, 0.25) is 0 Å². The summed E-state index contributed by atoms with van der Waals surface area (Å²) < 4.78 is 4.92. The summed E-state index contributed by atoms with van der Waals surface area (Å²) in [5, 5.41) is 12.6. The van der Waals surface area contributed by atoms with Crippen LogP contribution in [0.4, 0.5) is 0 Å². The summed E-state index contributed by atoms with van der Waals surface area (Å²) in [6.07, 6.45) is 3.66. The first-order chi connectivity index (χ1) is 8.15. The van der Waals surface area contributed by atoms with Crippen molar-refractivity contribution in [1.29, 1.82) is 0 Å². The fourth-order valence-electron chi connectivity index (χ4n) is 1.38. The van der Waals surface area contributed by atoms with E-state index in [0.29, 0.717) is 0 Å². The van der Waals surface area contributed by atoms with Gasteiger partial charge in [0, 0.05) is 6.07 Å². The number of hydrogen-bond acceptors (Lipinski definition) is 3. The molecule has 2 aromatic rings. The zero-order chi connectivity index (χ0) is 12.3. The average molecular weight is 229 g/mol. The molecule has 2 rings (SSSR count). The fourth-order valence-corrected chi connectivity index (χ4v) is 1.38. The Bertz CT molecular complexity index is 552. The van der Waals surface area contributed by atoms with E-state index >= 15 is 0 Å². The van der Waals surface area contributed by atoms with E-state index in [1.165, 1.54) is 0 Å². The lowest BCUT2D eigenvalue weighted by molar-refractivity contribution is 0.0697. The second kappa shape index (κ2) is 4.65. The summed E-state index contributed by atoms with van der Waals surface area (Å²) in [6, 6.07) is 8.44. The van der Waals surface area contributed by atoms with E-state index in [9.17, 15) is 4.79 Å². The number of carboxylic acids is 1. The summed E-state index contributed by atoms with van der Waals surface area (Å²) in [5.41, 5.74) is 1.93. The molecule has 0 aliphatic heterocycles. The number of aromatic carboxylic acids is 1. The van der Waals surface area contributed by atoms with Gasteiger partial charge in [0.05, 0.1) is 5.56 Å². The minimum absolute atomic E-state index is 0.277. The molecule has 0 unspecified atom stereocenters. The number of aromatic nitrogens is 1. The van der Waals surface area contributed by atoms with Crippen LogP contribution in [0.15, 0.2) is 34.9 Å². The summed E-state index contributed by atoms with van der Waals surface area (Å²) >= 11 is 0. The molecule has 1 N–H and O–H groups in total. The van der Waals surface area contributed by atoms with E-state index in [-0.39, 0.29) is 5.56 Å². The summed E-state index contributed by atoms with van der Waals surface area (Å²) in [5.74, 6) is -0.168. The molecule has 1 aromatic heterocycles. The van der Waals surface area contributed by atoms with Crippen LogP contribution < -0.4 is 0 Å². The molecule has 0 saturated heterocycles. The van der Waals surface area contributed by atoms with Crippen LogP contribution in [0.3, 0.4) is 0 Å². The molecule has 0 radical (unpaired) electrons. The number of rotatable bonds is 3. The van der Waals surface area contributed by atoms with Crippen LogP contribution in [0.1, 0.15) is 27.4 Å². The van der Waals surface area contributed by atoms with E-state index in [1.807, 2.05) is 25.1 Å². The van der Waals surface area contributed by atoms with Crippen molar-refractivity contribution in [3.63, 3.8) is 0 Å². The van der Waals surface area contributed by atoms with Crippen molar-refractivity contribution < 1.29 is 14.4 Å². The molecule has 0 spiro atoms. The van der Waals surface area contributed by atoms with E-state index in [0.717, 1.165) is 17.0 Å². The molecule has 0 fully saturated rings. The highest BCUT2D eigenvalue weighted by Crippen LogP contribution is 2.10. The molecule has 0 bridgehead atoms. The predicted octanol–water partition coefficient (Wildman–Crippen LogP) is 2.85. The largest absolute Gasteiger partial charge is 0.478 e. The van der Waals surface area contributed by atoms with E-state index in [1.54, 1.807) is 24.3 Å². The Morgan fingerprint density at radius 2 is 2.00 bits per heavy atom. The lowest BCUT2D eigenvalue weighted by Crippen LogP contribution is -1.94. The van der Waals surface area contributed by atoms with Crippen molar-refractivity contribution in [1.82, 2.24) is 5.16 Å². The van der Waals surface area contributed by atoms with Crippen molar-refractivity contribution in [3.8, 4) is 0 Å². The second-order valence-corrected chi connectivity index (χ2v) is 3.62. The molecule has 17 heavy (non-hydrogen) atoms. The Hall–Kier alpha value is -2.36. The molecule has 1 aromatic carbocycles. The van der Waals surface area contributed by atoms with Crippen LogP contribution in [0, 0.1) is 6.92 Å². The Morgan fingerprint density at radius 1 is 1.29 bits per heavy atom. The number of hydrogen-bond donors (Lipinski definition) is 1. The third-order valence-electron chi connectivity index (χ3n) is 2.25. The standard InChI is InChI=1S/C13H11NO3/c1-9-8-12(14-17-9)7-4-10-2-5-11(6-3-10)13(15)16/h2-8H,1H3,(H,15,16)/b7-4+. The Kier molecular flexibility index (Phi) is 3.05. The Morgan fingerprint density at radius 3 is 2.53 bits per heavy atom. The lowest BCUT2D eigenvalue weighted by atomic mass is 10.1. The highest BCUT2D eigenvalue weighted by atomic mass is 16.5. The van der Waals surface area contributed by atoms with Gasteiger partial charge in [-0.3, -0.25) is 0 Å². The summed E-state index contributed by atoms with van der Waals surface area (Å²) in [7, 11) is 0. The van der Waals surface area contributed by atoms with Gasteiger partial charge in [0.25, 0.3) is 0 Å². The quantitative estimate of drug-likeness (QED) is 0.878. The molecule has 0 saturated carbocycles. The highest BCUT2D eigenvalue weighted by Gasteiger charge is 2.00. The van der Waals surface area contributed by atoms with Gasteiger partial charge < -0.3 is 9.63 Å². The first-order valence-electron chi connectivity index (χ1n) is 5.10. The first-order valence-corrected chi connectivity index (χ1v) is 5.10. The topological polar surface area (TPSA) is 63.3 Å². The zero-order valence-electron chi connectivity index (χ0n) is 9.25. The number of aryl methyl sites for hydroxylation is 1. The van der Waals surface area contributed by atoms with Gasteiger partial charge >= 0.3 is 5.97 Å². The van der Waals surface area contributed by atoms with Gasteiger partial charge in [-0.2, -0.15) is 0 Å². The second-order valence-electron chi connectivity index (χ2n) is 3.62. The Labute approximate surface area is 98.2 Å². The molecule has 0 aliphatic rings. The van der Waals surface area contributed by atoms with Crippen LogP contribution in [-0.2, 0) is 0 Å². The van der Waals surface area contributed by atoms with Gasteiger partial charge in [-0.25, -0.2) is 4.79 Å². The Balaban J connectivity index is 2.13. The highest BCUT2D eigenvalue weighted by molar-refractivity contribution is 5.88. The van der Waals surface area contributed by atoms with Crippen LogP contribution >= 0.6 is 0 Å². The summed E-state index contributed by atoms with van der Waals surface area (Å²) in [4.78, 5) is 10.7. The van der Waals surface area contributed by atoms with Gasteiger partial charge in [0.1, 0.15) is 11.5 Å². The molecular formula is C13H11NO3. The molecule has 4 nitrogen and oxygen atoms in total. The fraction of sp³-hybridized carbons (Fsp3) is 0.0769. The van der Waals surface area contributed by atoms with Crippen LogP contribution in [-0.4, -0.2) is 16.2 Å². The van der Waals surface area contributed by atoms with Crippen molar-refractivity contribution in [2.45, 2.75) is 6.92 Å². The number of carboxylic acid groups (broad SMARTS) is 1. The van der Waals surface area contributed by atoms with Crippen molar-refractivity contribution in [2.24, 2.45) is 0 Å². The minimum Gasteiger partial charge on any atom is -0.478 e. The van der Waals surface area contributed by atoms with Crippen molar-refractivity contribution >= 4 is 18.1 Å². The van der Waals surface area contributed by atoms with Gasteiger partial charge in [-0.15, -0.1) is 0 Å². The average Bonchev–Trinajstić information content (AvgIpc) is 2.73. The molecule has 1 heterocycles. The molecule has 0 amide bonds. The minimum atomic E-state index is -0.923. The lowest BCUT2D eigenvalue weighted by Gasteiger charge is -1.95. The van der Waals surface area contributed by atoms with Crippen LogP contribution in [0.25, 0.3) is 12.2 Å². The zero-order valence-corrected chi connectivity index (χ0v) is 9.25. The first kappa shape index (κ1) is 11.1. The van der Waals surface area contributed by atoms with Gasteiger partial charge in [0.2, 0.25) is 0 Å². The summed E-state index contributed by atoms with van der Waals surface area (Å²) in [6.45, 7) is 1.83. The number of benzene rings is 1. The van der Waals surface area contributed by atoms with Crippen molar-refractivity contribution in [3.05, 3.63) is 52.9 Å². The maximum atomic E-state index is 10.7. The maximum Gasteiger partial charge on any atom is 0.335 e. The molecular weight excluding hydrogens is 218 g/mol. The molecule has 86 valence electrons. The molecule has 0 aliphatic carbocycles. The normalized spacial score (nSPS) is 10.9. The number of carbonyl (C=O) groups is 1. The molecule has 0 atom stereocenters. The smallest absolute Gasteiger partial charge is 0.335 e. The number of nitrogens with zero attached hydrogens (tertiary/aromatic N) is 1. The van der Waals surface area contributed by atoms with E-state index in [4.69, 9.17) is 9.63 Å². The molecule has 4 heteroatoms. The predicted molar refractivity (Wildman–Crippen MR) is 63.6 cm³/mol. The van der Waals surface area contributed by atoms with E-state index < -0.39 is 5.97 Å². The third kappa shape index (κ3) is 2.81.